The molecule has 8 heteroatoms. The third-order valence-corrected chi connectivity index (χ3v) is 5.21. The van der Waals surface area contributed by atoms with Crippen molar-refractivity contribution in [1.29, 1.82) is 0 Å². The highest BCUT2D eigenvalue weighted by molar-refractivity contribution is 6.11. The van der Waals surface area contributed by atoms with E-state index in [4.69, 9.17) is 5.11 Å². The average Bonchev–Trinajstić information content (AvgIpc) is 2.93. The van der Waals surface area contributed by atoms with Crippen LogP contribution in [0.2, 0.25) is 0 Å². The van der Waals surface area contributed by atoms with Gasteiger partial charge in [0.05, 0.1) is 11.3 Å². The fourth-order valence-electron chi connectivity index (χ4n) is 3.90. The van der Waals surface area contributed by atoms with Crippen molar-refractivity contribution < 1.29 is 24.3 Å². The van der Waals surface area contributed by atoms with Crippen LogP contribution in [0, 0.1) is 0 Å². The quantitative estimate of drug-likeness (QED) is 0.811. The van der Waals surface area contributed by atoms with Crippen LogP contribution < -0.4 is 4.90 Å². The molecule has 1 aromatic carbocycles. The Bertz CT molecular complexity index is 808. The van der Waals surface area contributed by atoms with Crippen molar-refractivity contribution in [2.24, 2.45) is 0 Å². The number of para-hydroxylation sites is 1. The van der Waals surface area contributed by atoms with Gasteiger partial charge < -0.3 is 14.9 Å². The molecule has 2 aliphatic heterocycles. The number of carbonyl (C=O) groups is 4. The van der Waals surface area contributed by atoms with Gasteiger partial charge in [-0.25, -0.2) is 0 Å². The van der Waals surface area contributed by atoms with E-state index in [9.17, 15) is 19.2 Å². The van der Waals surface area contributed by atoms with E-state index in [-0.39, 0.29) is 24.8 Å². The summed E-state index contributed by atoms with van der Waals surface area (Å²) in [5, 5.41) is 9.06. The molecule has 8 nitrogen and oxygen atoms in total. The summed E-state index contributed by atoms with van der Waals surface area (Å²) < 4.78 is 0. The van der Waals surface area contributed by atoms with E-state index >= 15 is 0 Å². The minimum absolute atomic E-state index is 0.0918. The zero-order valence-electron chi connectivity index (χ0n) is 15.5. The Kier molecular flexibility index (Phi) is 4.91. The number of nitrogens with zero attached hydrogens (tertiary/aromatic N) is 3. The molecule has 1 N–H and O–H groups in total. The summed E-state index contributed by atoms with van der Waals surface area (Å²) in [5.74, 6) is -1.95. The Balaban J connectivity index is 1.95. The molecule has 1 unspecified atom stereocenters. The lowest BCUT2D eigenvalue weighted by molar-refractivity contribution is -0.145. The Hall–Kier alpha value is -2.90. The number of carboxylic acid groups (broad SMARTS) is 1. The van der Waals surface area contributed by atoms with Crippen molar-refractivity contribution >= 4 is 29.4 Å². The average molecular weight is 373 g/mol. The van der Waals surface area contributed by atoms with E-state index in [1.165, 1.54) is 9.80 Å². The Labute approximate surface area is 157 Å². The summed E-state index contributed by atoms with van der Waals surface area (Å²) in [5.41, 5.74) is 0.00434. The van der Waals surface area contributed by atoms with Gasteiger partial charge in [0, 0.05) is 13.0 Å². The molecule has 0 radical (unpaired) electrons. The normalized spacial score (nSPS) is 21.1. The van der Waals surface area contributed by atoms with Gasteiger partial charge in [0.25, 0.3) is 5.91 Å². The molecule has 0 spiro atoms. The van der Waals surface area contributed by atoms with Crippen molar-refractivity contribution in [1.82, 2.24) is 9.80 Å². The molecule has 0 saturated carbocycles. The summed E-state index contributed by atoms with van der Waals surface area (Å²) in [7, 11) is 0. The number of aliphatic carboxylic acids is 1. The number of anilines is 1. The standard InChI is InChI=1S/C19H23N3O5/c1-3-10-20(12-17(25)26)16(24)11-21-18(27)13-6-4-5-7-14(13)22-15(23)8-9-19(21,22)2/h4-7H,3,8-12H2,1-2H3,(H,25,26). The second-order valence-corrected chi connectivity index (χ2v) is 7.06. The summed E-state index contributed by atoms with van der Waals surface area (Å²) in [4.78, 5) is 53.7. The van der Waals surface area contributed by atoms with Crippen LogP contribution in [0.1, 0.15) is 43.5 Å². The van der Waals surface area contributed by atoms with Gasteiger partial charge in [-0.2, -0.15) is 0 Å². The Morgan fingerprint density at radius 2 is 1.96 bits per heavy atom. The molecule has 2 aliphatic rings. The molecule has 1 saturated heterocycles. The van der Waals surface area contributed by atoms with E-state index in [0.29, 0.717) is 30.6 Å². The number of hydrogen-bond acceptors (Lipinski definition) is 4. The number of amides is 3. The number of carbonyl (C=O) groups excluding carboxylic acids is 3. The van der Waals surface area contributed by atoms with Gasteiger partial charge in [-0.1, -0.05) is 19.1 Å². The molecular formula is C19H23N3O5. The number of hydrogen-bond donors (Lipinski definition) is 1. The number of carboxylic acids is 1. The first-order valence-corrected chi connectivity index (χ1v) is 9.03. The van der Waals surface area contributed by atoms with Gasteiger partial charge in [-0.05, 0) is 31.9 Å². The maximum absolute atomic E-state index is 13.1. The van der Waals surface area contributed by atoms with E-state index in [2.05, 4.69) is 0 Å². The predicted octanol–water partition coefficient (Wildman–Crippen LogP) is 1.31. The molecule has 0 aromatic heterocycles. The minimum atomic E-state index is -1.10. The number of benzene rings is 1. The van der Waals surface area contributed by atoms with Gasteiger partial charge in [0.2, 0.25) is 11.8 Å². The molecule has 1 fully saturated rings. The van der Waals surface area contributed by atoms with Crippen molar-refractivity contribution in [3.8, 4) is 0 Å². The smallest absolute Gasteiger partial charge is 0.323 e. The molecule has 1 atom stereocenters. The lowest BCUT2D eigenvalue weighted by Crippen LogP contribution is -2.64. The molecule has 3 amide bonds. The van der Waals surface area contributed by atoms with Crippen LogP contribution in [0.5, 0.6) is 0 Å². The van der Waals surface area contributed by atoms with Crippen LogP contribution in [-0.2, 0) is 14.4 Å². The SMILES string of the molecule is CCCN(CC(=O)O)C(=O)CN1C(=O)c2ccccc2N2C(=O)CCC12C. The fourth-order valence-corrected chi connectivity index (χ4v) is 3.90. The van der Waals surface area contributed by atoms with Crippen molar-refractivity contribution in [3.63, 3.8) is 0 Å². The molecule has 27 heavy (non-hydrogen) atoms. The Morgan fingerprint density at radius 3 is 2.63 bits per heavy atom. The maximum atomic E-state index is 13.1. The molecular weight excluding hydrogens is 350 g/mol. The maximum Gasteiger partial charge on any atom is 0.323 e. The van der Waals surface area contributed by atoms with E-state index in [0.717, 1.165) is 0 Å². The second kappa shape index (κ2) is 7.02. The van der Waals surface area contributed by atoms with Crippen LogP contribution in [0.25, 0.3) is 0 Å². The van der Waals surface area contributed by atoms with Crippen LogP contribution in [-0.4, -0.2) is 63.9 Å². The highest BCUT2D eigenvalue weighted by atomic mass is 16.4. The Morgan fingerprint density at radius 1 is 1.26 bits per heavy atom. The van der Waals surface area contributed by atoms with Gasteiger partial charge >= 0.3 is 5.97 Å². The number of rotatable bonds is 6. The van der Waals surface area contributed by atoms with Crippen LogP contribution in [0.4, 0.5) is 5.69 Å². The van der Waals surface area contributed by atoms with Crippen molar-refractivity contribution in [3.05, 3.63) is 29.8 Å². The minimum Gasteiger partial charge on any atom is -0.480 e. The largest absolute Gasteiger partial charge is 0.480 e. The van der Waals surface area contributed by atoms with Gasteiger partial charge in [-0.15, -0.1) is 0 Å². The first-order chi connectivity index (χ1) is 12.8. The highest BCUT2D eigenvalue weighted by Gasteiger charge is 2.53. The van der Waals surface area contributed by atoms with Crippen molar-refractivity contribution in [2.45, 2.75) is 38.8 Å². The second-order valence-electron chi connectivity index (χ2n) is 7.06. The molecule has 3 rings (SSSR count). The summed E-state index contributed by atoms with van der Waals surface area (Å²) in [6, 6.07) is 6.87. The third kappa shape index (κ3) is 3.15. The summed E-state index contributed by atoms with van der Waals surface area (Å²) >= 11 is 0. The predicted molar refractivity (Wildman–Crippen MR) is 97.1 cm³/mol. The molecule has 1 aromatic rings. The lowest BCUT2D eigenvalue weighted by atomic mass is 9.98. The topological polar surface area (TPSA) is 98.2 Å². The molecule has 0 bridgehead atoms. The summed E-state index contributed by atoms with van der Waals surface area (Å²) in [6.45, 7) is 3.25. The van der Waals surface area contributed by atoms with Crippen LogP contribution in [0.15, 0.2) is 24.3 Å². The third-order valence-electron chi connectivity index (χ3n) is 5.21. The summed E-state index contributed by atoms with van der Waals surface area (Å²) in [6.07, 6.45) is 1.32. The highest BCUT2D eigenvalue weighted by Crippen LogP contribution is 2.43. The van der Waals surface area contributed by atoms with Gasteiger partial charge in [-0.3, -0.25) is 24.1 Å². The fraction of sp³-hybridized carbons (Fsp3) is 0.474. The van der Waals surface area contributed by atoms with E-state index in [1.54, 1.807) is 36.1 Å². The van der Waals surface area contributed by atoms with E-state index < -0.39 is 24.1 Å². The number of fused-ring (bicyclic) bond motifs is 3. The molecule has 2 heterocycles. The van der Waals surface area contributed by atoms with Crippen LogP contribution in [0.3, 0.4) is 0 Å². The molecule has 0 aliphatic carbocycles. The zero-order chi connectivity index (χ0) is 19.8. The lowest BCUT2D eigenvalue weighted by Gasteiger charge is -2.48. The first-order valence-electron chi connectivity index (χ1n) is 9.03. The zero-order valence-corrected chi connectivity index (χ0v) is 15.5. The molecule has 144 valence electrons. The monoisotopic (exact) mass is 373 g/mol. The van der Waals surface area contributed by atoms with Gasteiger partial charge in [0.15, 0.2) is 0 Å². The van der Waals surface area contributed by atoms with Crippen LogP contribution >= 0.6 is 0 Å². The van der Waals surface area contributed by atoms with Crippen molar-refractivity contribution in [2.75, 3.05) is 24.5 Å². The van der Waals surface area contributed by atoms with Gasteiger partial charge in [0.1, 0.15) is 18.8 Å². The first kappa shape index (κ1) is 18.9. The van der Waals surface area contributed by atoms with E-state index in [1.807, 2.05) is 6.92 Å².